The van der Waals surface area contributed by atoms with E-state index in [9.17, 15) is 0 Å². The van der Waals surface area contributed by atoms with Gasteiger partial charge in [-0.05, 0) is 32.1 Å². The van der Waals surface area contributed by atoms with E-state index in [4.69, 9.17) is 22.6 Å². The maximum Gasteiger partial charge on any atom is 1.00 e. The van der Waals surface area contributed by atoms with E-state index in [1.54, 1.807) is 0 Å². The van der Waals surface area contributed by atoms with Gasteiger partial charge in [-0.25, -0.2) is 0 Å². The second kappa shape index (κ2) is 28.8. The summed E-state index contributed by atoms with van der Waals surface area (Å²) in [5, 5.41) is 8.66. The second-order valence-corrected chi connectivity index (χ2v) is 6.89. The zero-order valence-electron chi connectivity index (χ0n) is 17.2. The number of rotatable bonds is 15. The normalized spacial score (nSPS) is 10.6. The maximum absolute atomic E-state index is 8.66. The van der Waals surface area contributed by atoms with Crippen LogP contribution < -0.4 is 59.1 Å². The first-order valence-electron chi connectivity index (χ1n) is 9.34. The number of allylic oxidation sites excluding steroid dienone is 2. The van der Waals surface area contributed by atoms with Gasteiger partial charge in [0, 0.05) is 17.0 Å². The summed E-state index contributed by atoms with van der Waals surface area (Å²) in [7, 11) is -5.17. The van der Waals surface area contributed by atoms with Gasteiger partial charge in [-0.15, -0.1) is 0 Å². The molecule has 0 aliphatic rings. The molecule has 1 N–H and O–H groups in total. The fraction of sp³-hybridized carbons (Fsp3) is 0.889. The summed E-state index contributed by atoms with van der Waals surface area (Å²) in [6, 6.07) is 0. The van der Waals surface area contributed by atoms with Crippen molar-refractivity contribution >= 4 is 10.4 Å². The third-order valence-corrected chi connectivity index (χ3v) is 3.67. The molecule has 0 amide bonds. The van der Waals surface area contributed by atoms with Crippen LogP contribution in [0.3, 0.4) is 0 Å². The van der Waals surface area contributed by atoms with Crippen LogP contribution in [-0.4, -0.2) is 29.2 Å². The van der Waals surface area contributed by atoms with E-state index in [0.717, 1.165) is 6.42 Å². The predicted octanol–water partition coefficient (Wildman–Crippen LogP) is -1.31. The average molecular weight is 411 g/mol. The molecule has 0 aliphatic carbocycles. The molecule has 0 rings (SSSR count). The quantitative estimate of drug-likeness (QED) is 0.119. The van der Waals surface area contributed by atoms with Gasteiger partial charge in [-0.3, -0.25) is 8.42 Å². The number of hydrogen-bond donors (Lipinski definition) is 1. The summed E-state index contributed by atoms with van der Waals surface area (Å²) in [5.74, 6) is 0. The Labute approximate surface area is 206 Å². The fourth-order valence-corrected chi connectivity index (χ4v) is 2.36. The molecular formula is C18H36Na2O5S. The van der Waals surface area contributed by atoms with E-state index < -0.39 is 10.4 Å². The summed E-state index contributed by atoms with van der Waals surface area (Å²) in [6.07, 6.45) is 23.2. The summed E-state index contributed by atoms with van der Waals surface area (Å²) in [4.78, 5) is 0. The molecule has 0 saturated heterocycles. The molecule has 8 heteroatoms. The molecule has 0 atom stereocenters. The first-order valence-corrected chi connectivity index (χ1v) is 10.7. The topological polar surface area (TPSA) is 100 Å². The van der Waals surface area contributed by atoms with Crippen LogP contribution in [0, 0.1) is 0 Å². The van der Waals surface area contributed by atoms with Crippen molar-refractivity contribution in [3.05, 3.63) is 12.2 Å². The molecule has 0 bridgehead atoms. The Morgan fingerprint density at radius 3 is 1.35 bits per heavy atom. The van der Waals surface area contributed by atoms with Crippen molar-refractivity contribution in [3.8, 4) is 0 Å². The van der Waals surface area contributed by atoms with E-state index in [0.29, 0.717) is 6.61 Å². The third kappa shape index (κ3) is 50.0. The number of aliphatic hydroxyl groups is 1. The van der Waals surface area contributed by atoms with Crippen LogP contribution in [-0.2, 0) is 10.4 Å². The van der Waals surface area contributed by atoms with E-state index in [1.807, 2.05) is 0 Å². The molecule has 0 radical (unpaired) electrons. The Balaban J connectivity index is -0.000000304. The number of unbranched alkanes of at least 4 members (excludes halogenated alkanes) is 12. The molecule has 5 nitrogen and oxygen atoms in total. The van der Waals surface area contributed by atoms with Crippen LogP contribution in [0.25, 0.3) is 0 Å². The molecule has 146 valence electrons. The molecule has 26 heavy (non-hydrogen) atoms. The molecule has 0 aromatic heterocycles. The molecule has 0 aliphatic heterocycles. The Morgan fingerprint density at radius 2 is 1.00 bits per heavy atom. The number of hydrogen-bond acceptors (Lipinski definition) is 5. The Morgan fingerprint density at radius 1 is 0.692 bits per heavy atom. The molecule has 0 saturated carbocycles. The molecule has 0 aromatic rings. The van der Waals surface area contributed by atoms with Gasteiger partial charge in [0.1, 0.15) is 0 Å². The SMILES string of the molecule is CCCCCCCCC=CCCCCCCCCO.O=S(=O)([O-])[O-].[Na+].[Na+]. The average Bonchev–Trinajstić information content (AvgIpc) is 2.49. The fourth-order valence-electron chi connectivity index (χ4n) is 2.36. The minimum Gasteiger partial charge on any atom is -0.759 e. The van der Waals surface area contributed by atoms with E-state index in [2.05, 4.69) is 19.1 Å². The van der Waals surface area contributed by atoms with Crippen molar-refractivity contribution < 1.29 is 81.7 Å². The van der Waals surface area contributed by atoms with Gasteiger partial charge in [0.15, 0.2) is 0 Å². The first-order chi connectivity index (χ1) is 11.4. The summed E-state index contributed by atoms with van der Waals surface area (Å²) in [5.41, 5.74) is 0. The predicted molar refractivity (Wildman–Crippen MR) is 97.0 cm³/mol. The zero-order chi connectivity index (χ0) is 18.5. The van der Waals surface area contributed by atoms with Crippen LogP contribution in [0.15, 0.2) is 12.2 Å². The van der Waals surface area contributed by atoms with Crippen molar-refractivity contribution in [1.82, 2.24) is 0 Å². The van der Waals surface area contributed by atoms with Crippen molar-refractivity contribution in [2.24, 2.45) is 0 Å². The first kappa shape index (κ1) is 35.0. The third-order valence-electron chi connectivity index (χ3n) is 3.67. The van der Waals surface area contributed by atoms with Crippen LogP contribution >= 0.6 is 0 Å². The Hall–Kier alpha value is 1.57. The molecule has 0 aromatic carbocycles. The largest absolute Gasteiger partial charge is 1.00 e. The number of aliphatic hydroxyl groups excluding tert-OH is 1. The maximum atomic E-state index is 8.66. The minimum absolute atomic E-state index is 0. The zero-order valence-corrected chi connectivity index (χ0v) is 22.1. The van der Waals surface area contributed by atoms with Crippen LogP contribution in [0.2, 0.25) is 0 Å². The van der Waals surface area contributed by atoms with Gasteiger partial charge < -0.3 is 14.2 Å². The van der Waals surface area contributed by atoms with Crippen molar-refractivity contribution in [1.29, 1.82) is 0 Å². The molecule has 0 spiro atoms. The standard InChI is InChI=1S/C18H36O.2Na.H2O4S/c1-2-3-4-5-6-7-8-9-10-11-12-13-14-15-16-17-18-19;;;1-5(2,3)4/h9-10,19H,2-8,11-18H2,1H3;;;(H2,1,2,3,4)/q;2*+1;/p-2. The summed E-state index contributed by atoms with van der Waals surface area (Å²) in [6.45, 7) is 2.64. The van der Waals surface area contributed by atoms with Crippen LogP contribution in [0.4, 0.5) is 0 Å². The molecular weight excluding hydrogens is 374 g/mol. The van der Waals surface area contributed by atoms with E-state index in [1.165, 1.54) is 83.5 Å². The smallest absolute Gasteiger partial charge is 0.759 e. The van der Waals surface area contributed by atoms with Crippen molar-refractivity contribution in [3.63, 3.8) is 0 Å². The van der Waals surface area contributed by atoms with Gasteiger partial charge in [0.2, 0.25) is 0 Å². The van der Waals surface area contributed by atoms with Gasteiger partial charge in [0.25, 0.3) is 0 Å². The van der Waals surface area contributed by atoms with Crippen LogP contribution in [0.1, 0.15) is 96.8 Å². The van der Waals surface area contributed by atoms with Crippen molar-refractivity contribution in [2.75, 3.05) is 6.61 Å². The van der Waals surface area contributed by atoms with E-state index in [-0.39, 0.29) is 59.1 Å². The van der Waals surface area contributed by atoms with Gasteiger partial charge >= 0.3 is 59.1 Å². The molecule has 0 heterocycles. The molecule has 0 unspecified atom stereocenters. The van der Waals surface area contributed by atoms with Gasteiger partial charge in [0.05, 0.1) is 0 Å². The summed E-state index contributed by atoms with van der Waals surface area (Å²) >= 11 is 0. The van der Waals surface area contributed by atoms with E-state index >= 15 is 0 Å². The monoisotopic (exact) mass is 410 g/mol. The summed E-state index contributed by atoms with van der Waals surface area (Å²) < 4.78 is 34.1. The Bertz CT molecular complexity index is 355. The molecule has 0 fully saturated rings. The minimum atomic E-state index is -5.17. The van der Waals surface area contributed by atoms with Crippen LogP contribution in [0.5, 0.6) is 0 Å². The Kier molecular flexibility index (Phi) is 38.8. The second-order valence-electron chi connectivity index (χ2n) is 6.07. The van der Waals surface area contributed by atoms with Gasteiger partial charge in [-0.2, -0.15) is 0 Å². The van der Waals surface area contributed by atoms with Crippen molar-refractivity contribution in [2.45, 2.75) is 96.8 Å². The van der Waals surface area contributed by atoms with Gasteiger partial charge in [-0.1, -0.05) is 76.9 Å².